The maximum atomic E-state index is 5.59. The SMILES string of the molecule is C#CCOc1ccc(CN[C@H](C)CC)cc1OCC. The molecule has 1 atom stereocenters. The second-order valence-corrected chi connectivity index (χ2v) is 4.40. The van der Waals surface area contributed by atoms with Crippen LogP contribution in [-0.2, 0) is 6.54 Å². The highest BCUT2D eigenvalue weighted by atomic mass is 16.5. The summed E-state index contributed by atoms with van der Waals surface area (Å²) in [6.07, 6.45) is 6.31. The predicted octanol–water partition coefficient (Wildman–Crippen LogP) is 2.99. The topological polar surface area (TPSA) is 30.5 Å². The first-order valence-electron chi connectivity index (χ1n) is 6.76. The van der Waals surface area contributed by atoms with Crippen LogP contribution in [0.2, 0.25) is 0 Å². The molecule has 0 aliphatic heterocycles. The third kappa shape index (κ3) is 5.23. The van der Waals surface area contributed by atoms with Gasteiger partial charge >= 0.3 is 0 Å². The van der Waals surface area contributed by atoms with Gasteiger partial charge in [0, 0.05) is 12.6 Å². The molecule has 0 amide bonds. The molecule has 104 valence electrons. The summed E-state index contributed by atoms with van der Waals surface area (Å²) in [4.78, 5) is 0. The molecular weight excluding hydrogens is 238 g/mol. The van der Waals surface area contributed by atoms with Gasteiger partial charge in [0.05, 0.1) is 6.61 Å². The van der Waals surface area contributed by atoms with E-state index < -0.39 is 0 Å². The van der Waals surface area contributed by atoms with Crippen LogP contribution in [0.25, 0.3) is 0 Å². The molecule has 0 unspecified atom stereocenters. The largest absolute Gasteiger partial charge is 0.490 e. The number of rotatable bonds is 8. The highest BCUT2D eigenvalue weighted by Crippen LogP contribution is 2.28. The summed E-state index contributed by atoms with van der Waals surface area (Å²) in [5.41, 5.74) is 1.18. The molecule has 0 aliphatic rings. The molecule has 3 heteroatoms. The zero-order valence-electron chi connectivity index (χ0n) is 12.0. The summed E-state index contributed by atoms with van der Waals surface area (Å²) in [6, 6.07) is 6.46. The van der Waals surface area contributed by atoms with Gasteiger partial charge in [-0.25, -0.2) is 0 Å². The third-order valence-electron chi connectivity index (χ3n) is 2.89. The van der Waals surface area contributed by atoms with Crippen LogP contribution in [0.15, 0.2) is 18.2 Å². The van der Waals surface area contributed by atoms with Gasteiger partial charge in [-0.15, -0.1) is 6.42 Å². The summed E-state index contributed by atoms with van der Waals surface area (Å²) in [5.74, 6) is 3.91. The zero-order chi connectivity index (χ0) is 14.1. The smallest absolute Gasteiger partial charge is 0.162 e. The van der Waals surface area contributed by atoms with Gasteiger partial charge < -0.3 is 14.8 Å². The van der Waals surface area contributed by atoms with Crippen LogP contribution >= 0.6 is 0 Å². The Morgan fingerprint density at radius 1 is 1.26 bits per heavy atom. The Bertz CT molecular complexity index is 423. The lowest BCUT2D eigenvalue weighted by molar-refractivity contribution is 0.299. The van der Waals surface area contributed by atoms with Crippen molar-refractivity contribution < 1.29 is 9.47 Å². The molecule has 1 N–H and O–H groups in total. The minimum atomic E-state index is 0.255. The van der Waals surface area contributed by atoms with Crippen molar-refractivity contribution in [1.29, 1.82) is 0 Å². The van der Waals surface area contributed by atoms with Gasteiger partial charge in [-0.05, 0) is 38.0 Å². The van der Waals surface area contributed by atoms with Crippen LogP contribution in [0, 0.1) is 12.3 Å². The second kappa shape index (κ2) is 8.44. The van der Waals surface area contributed by atoms with Gasteiger partial charge in [0.1, 0.15) is 6.61 Å². The van der Waals surface area contributed by atoms with Gasteiger partial charge in [0.15, 0.2) is 11.5 Å². The number of hydrogen-bond donors (Lipinski definition) is 1. The van der Waals surface area contributed by atoms with Gasteiger partial charge in [0.2, 0.25) is 0 Å². The number of hydrogen-bond acceptors (Lipinski definition) is 3. The highest BCUT2D eigenvalue weighted by Gasteiger charge is 2.07. The van der Waals surface area contributed by atoms with E-state index in [1.165, 1.54) is 5.56 Å². The Hall–Kier alpha value is -1.66. The number of benzene rings is 1. The lowest BCUT2D eigenvalue weighted by Gasteiger charge is -2.14. The summed E-state index contributed by atoms with van der Waals surface area (Å²) >= 11 is 0. The fraction of sp³-hybridized carbons (Fsp3) is 0.500. The molecule has 1 aromatic rings. The summed E-state index contributed by atoms with van der Waals surface area (Å²) < 4.78 is 11.0. The highest BCUT2D eigenvalue weighted by molar-refractivity contribution is 5.43. The fourth-order valence-corrected chi connectivity index (χ4v) is 1.61. The van der Waals surface area contributed by atoms with Crippen molar-refractivity contribution >= 4 is 0 Å². The molecular formula is C16H23NO2. The van der Waals surface area contributed by atoms with Crippen molar-refractivity contribution in [2.75, 3.05) is 13.2 Å². The van der Waals surface area contributed by atoms with Gasteiger partial charge in [0.25, 0.3) is 0 Å². The minimum absolute atomic E-state index is 0.255. The van der Waals surface area contributed by atoms with Crippen molar-refractivity contribution in [2.24, 2.45) is 0 Å². The Balaban J connectivity index is 2.74. The lowest BCUT2D eigenvalue weighted by Crippen LogP contribution is -2.24. The van der Waals surface area contributed by atoms with Crippen LogP contribution in [0.5, 0.6) is 11.5 Å². The molecule has 19 heavy (non-hydrogen) atoms. The standard InChI is InChI=1S/C16H23NO2/c1-5-10-19-15-9-8-14(11-16(15)18-7-3)12-17-13(4)6-2/h1,8-9,11,13,17H,6-7,10,12H2,2-4H3/t13-/m1/s1. The average molecular weight is 261 g/mol. The van der Waals surface area contributed by atoms with Crippen LogP contribution < -0.4 is 14.8 Å². The molecule has 0 fully saturated rings. The van der Waals surface area contributed by atoms with Crippen molar-refractivity contribution in [2.45, 2.75) is 39.8 Å². The maximum absolute atomic E-state index is 5.59. The first-order valence-corrected chi connectivity index (χ1v) is 6.76. The van der Waals surface area contributed by atoms with Crippen molar-refractivity contribution in [3.8, 4) is 23.8 Å². The van der Waals surface area contributed by atoms with Crippen molar-refractivity contribution in [3.05, 3.63) is 23.8 Å². The molecule has 0 saturated heterocycles. The Morgan fingerprint density at radius 2 is 2.05 bits per heavy atom. The normalized spacial score (nSPS) is 11.7. The lowest BCUT2D eigenvalue weighted by atomic mass is 10.1. The van der Waals surface area contributed by atoms with E-state index in [-0.39, 0.29) is 6.61 Å². The molecule has 3 nitrogen and oxygen atoms in total. The Kier molecular flexibility index (Phi) is 6.84. The molecule has 0 aromatic heterocycles. The molecule has 0 heterocycles. The third-order valence-corrected chi connectivity index (χ3v) is 2.89. The van der Waals surface area contributed by atoms with Crippen LogP contribution in [-0.4, -0.2) is 19.3 Å². The first-order chi connectivity index (χ1) is 9.21. The molecule has 0 bridgehead atoms. The van der Waals surface area contributed by atoms with E-state index in [0.29, 0.717) is 18.4 Å². The van der Waals surface area contributed by atoms with Crippen molar-refractivity contribution in [3.63, 3.8) is 0 Å². The first kappa shape index (κ1) is 15.4. The molecule has 0 saturated carbocycles. The molecule has 0 aliphatic carbocycles. The van der Waals surface area contributed by atoms with E-state index in [0.717, 1.165) is 18.7 Å². The Morgan fingerprint density at radius 3 is 2.68 bits per heavy atom. The van der Waals surface area contributed by atoms with E-state index in [1.807, 2.05) is 25.1 Å². The molecule has 1 rings (SSSR count). The van der Waals surface area contributed by atoms with E-state index in [2.05, 4.69) is 25.1 Å². The number of terminal acetylenes is 1. The number of ether oxygens (including phenoxy) is 2. The zero-order valence-corrected chi connectivity index (χ0v) is 12.0. The fourth-order valence-electron chi connectivity index (χ4n) is 1.61. The predicted molar refractivity (Wildman–Crippen MR) is 78.5 cm³/mol. The van der Waals surface area contributed by atoms with Crippen LogP contribution in [0.3, 0.4) is 0 Å². The van der Waals surface area contributed by atoms with E-state index in [1.54, 1.807) is 0 Å². The average Bonchev–Trinajstić information content (AvgIpc) is 2.44. The maximum Gasteiger partial charge on any atom is 0.162 e. The van der Waals surface area contributed by atoms with Crippen molar-refractivity contribution in [1.82, 2.24) is 5.32 Å². The Labute approximate surface area is 116 Å². The van der Waals surface area contributed by atoms with E-state index >= 15 is 0 Å². The monoisotopic (exact) mass is 261 g/mol. The van der Waals surface area contributed by atoms with E-state index in [4.69, 9.17) is 15.9 Å². The molecule has 0 spiro atoms. The van der Waals surface area contributed by atoms with Gasteiger partial charge in [-0.1, -0.05) is 18.9 Å². The molecule has 0 radical (unpaired) electrons. The van der Waals surface area contributed by atoms with Crippen LogP contribution in [0.4, 0.5) is 0 Å². The summed E-state index contributed by atoms with van der Waals surface area (Å²) in [7, 11) is 0. The van der Waals surface area contributed by atoms with Gasteiger partial charge in [-0.2, -0.15) is 0 Å². The molecule has 1 aromatic carbocycles. The minimum Gasteiger partial charge on any atom is -0.490 e. The van der Waals surface area contributed by atoms with Crippen LogP contribution in [0.1, 0.15) is 32.8 Å². The summed E-state index contributed by atoms with van der Waals surface area (Å²) in [5, 5.41) is 3.45. The quantitative estimate of drug-likeness (QED) is 0.730. The van der Waals surface area contributed by atoms with E-state index in [9.17, 15) is 0 Å². The van der Waals surface area contributed by atoms with Gasteiger partial charge in [-0.3, -0.25) is 0 Å². The second-order valence-electron chi connectivity index (χ2n) is 4.40. The summed E-state index contributed by atoms with van der Waals surface area (Å²) in [6.45, 7) is 7.98. The number of nitrogens with one attached hydrogen (secondary N) is 1.